The Kier molecular flexibility index (Phi) is 42.5. The summed E-state index contributed by atoms with van der Waals surface area (Å²) in [5, 5.41) is 9.65. The maximum absolute atomic E-state index is 12.8. The van der Waals surface area contributed by atoms with Crippen molar-refractivity contribution in [3.05, 3.63) is 60.8 Å². The van der Waals surface area contributed by atoms with Crippen LogP contribution in [0.4, 0.5) is 0 Å². The Labute approximate surface area is 381 Å². The van der Waals surface area contributed by atoms with E-state index in [1.54, 1.807) is 0 Å². The minimum atomic E-state index is -0.877. The summed E-state index contributed by atoms with van der Waals surface area (Å²) in [6, 6.07) is -0.618. The molecule has 0 aliphatic carbocycles. The molecule has 62 heavy (non-hydrogen) atoms. The zero-order valence-corrected chi connectivity index (χ0v) is 40.8. The minimum absolute atomic E-state index is 0.0549. The molecule has 0 aromatic heterocycles. The average Bonchev–Trinajstić information content (AvgIpc) is 3.23. The predicted octanol–water partition coefficient (Wildman–Crippen LogP) is 14.5. The Morgan fingerprint density at radius 1 is 0.500 bits per heavy atom. The van der Waals surface area contributed by atoms with Gasteiger partial charge in [-0.3, -0.25) is 9.59 Å². The van der Waals surface area contributed by atoms with E-state index in [-0.39, 0.29) is 36.2 Å². The molecule has 0 aromatic carbocycles. The standard InChI is InChI=1S/C54H95NO7/c1-6-8-10-12-14-16-18-20-22-23-24-25-26-27-28-29-31-33-35-37-39-41-43-45-53(57)62-50(48-60-47-46-51(54(58)59)55(3,4)5)49-61-52(56)44-42-40-38-36-34-32-30-21-19-17-15-13-11-9-7-2/h8,10,14,16,20,22,24-25,27-28,50-51H,6-7,9,11-13,15,17-19,21,23,26,29-49H2,1-5H3/p+1/b10-8+,16-14+,22-20+,25-24+,28-27+. The number of hydrogen-bond acceptors (Lipinski definition) is 6. The lowest BCUT2D eigenvalue weighted by atomic mass is 10.0. The molecule has 0 aliphatic rings. The molecule has 0 rings (SSSR count). The third kappa shape index (κ3) is 42.3. The van der Waals surface area contributed by atoms with Crippen LogP contribution in [0.2, 0.25) is 0 Å². The zero-order valence-electron chi connectivity index (χ0n) is 40.8. The molecule has 358 valence electrons. The third-order valence-corrected chi connectivity index (χ3v) is 11.2. The number of rotatable bonds is 45. The van der Waals surface area contributed by atoms with Crippen LogP contribution in [0, 0.1) is 0 Å². The van der Waals surface area contributed by atoms with E-state index in [0.29, 0.717) is 19.3 Å². The normalized spacial score (nSPS) is 13.4. The van der Waals surface area contributed by atoms with E-state index in [4.69, 9.17) is 14.2 Å². The van der Waals surface area contributed by atoms with E-state index in [2.05, 4.69) is 74.6 Å². The van der Waals surface area contributed by atoms with Crippen LogP contribution < -0.4 is 0 Å². The van der Waals surface area contributed by atoms with Crippen molar-refractivity contribution in [2.24, 2.45) is 0 Å². The molecule has 2 unspecified atom stereocenters. The molecule has 8 nitrogen and oxygen atoms in total. The summed E-state index contributed by atoms with van der Waals surface area (Å²) in [4.78, 5) is 37.1. The number of allylic oxidation sites excluding steroid dienone is 10. The summed E-state index contributed by atoms with van der Waals surface area (Å²) >= 11 is 0. The van der Waals surface area contributed by atoms with Gasteiger partial charge in [0.15, 0.2) is 12.1 Å². The predicted molar refractivity (Wildman–Crippen MR) is 261 cm³/mol. The van der Waals surface area contributed by atoms with E-state index in [0.717, 1.165) is 83.5 Å². The van der Waals surface area contributed by atoms with Crippen LogP contribution >= 0.6 is 0 Å². The summed E-state index contributed by atoms with van der Waals surface area (Å²) in [6.45, 7) is 4.63. The van der Waals surface area contributed by atoms with Crippen molar-refractivity contribution in [3.8, 4) is 0 Å². The number of ether oxygens (including phenoxy) is 3. The molecular formula is C54H96NO7+. The van der Waals surface area contributed by atoms with Crippen molar-refractivity contribution in [2.75, 3.05) is 41.0 Å². The zero-order chi connectivity index (χ0) is 45.6. The Morgan fingerprint density at radius 2 is 0.903 bits per heavy atom. The molecule has 0 saturated heterocycles. The Balaban J connectivity index is 4.27. The lowest BCUT2D eigenvalue weighted by Gasteiger charge is -2.31. The average molecular weight is 871 g/mol. The molecule has 0 fully saturated rings. The van der Waals surface area contributed by atoms with Gasteiger partial charge in [0.2, 0.25) is 0 Å². The van der Waals surface area contributed by atoms with Gasteiger partial charge < -0.3 is 23.8 Å². The fraction of sp³-hybridized carbons (Fsp3) is 0.759. The van der Waals surface area contributed by atoms with Gasteiger partial charge in [-0.15, -0.1) is 0 Å². The smallest absolute Gasteiger partial charge is 0.362 e. The van der Waals surface area contributed by atoms with E-state index in [9.17, 15) is 19.5 Å². The van der Waals surface area contributed by atoms with Gasteiger partial charge in [0.25, 0.3) is 0 Å². The van der Waals surface area contributed by atoms with E-state index in [1.165, 1.54) is 96.3 Å². The van der Waals surface area contributed by atoms with Gasteiger partial charge in [0.05, 0.1) is 34.4 Å². The molecule has 0 spiro atoms. The van der Waals surface area contributed by atoms with Gasteiger partial charge in [-0.05, 0) is 57.8 Å². The van der Waals surface area contributed by atoms with Crippen molar-refractivity contribution in [3.63, 3.8) is 0 Å². The molecule has 0 aliphatic heterocycles. The van der Waals surface area contributed by atoms with Crippen LogP contribution in [0.25, 0.3) is 0 Å². The van der Waals surface area contributed by atoms with Gasteiger partial charge in [-0.1, -0.05) is 197 Å². The number of carbonyl (C=O) groups is 3. The van der Waals surface area contributed by atoms with E-state index >= 15 is 0 Å². The second-order valence-electron chi connectivity index (χ2n) is 18.1. The van der Waals surface area contributed by atoms with Crippen molar-refractivity contribution < 1.29 is 38.2 Å². The Morgan fingerprint density at radius 3 is 1.34 bits per heavy atom. The number of esters is 2. The summed E-state index contributed by atoms with van der Waals surface area (Å²) < 4.78 is 17.3. The Hall–Kier alpha value is -2.97. The van der Waals surface area contributed by atoms with Crippen LogP contribution in [-0.4, -0.2) is 80.6 Å². The topological polar surface area (TPSA) is 99.1 Å². The van der Waals surface area contributed by atoms with Crippen molar-refractivity contribution in [2.45, 2.75) is 225 Å². The van der Waals surface area contributed by atoms with Crippen molar-refractivity contribution in [1.82, 2.24) is 0 Å². The minimum Gasteiger partial charge on any atom is -0.477 e. The molecule has 2 atom stereocenters. The number of carboxylic acid groups (broad SMARTS) is 1. The maximum Gasteiger partial charge on any atom is 0.362 e. The summed E-state index contributed by atoms with van der Waals surface area (Å²) in [5.74, 6) is -1.48. The highest BCUT2D eigenvalue weighted by Gasteiger charge is 2.31. The molecule has 0 bridgehead atoms. The third-order valence-electron chi connectivity index (χ3n) is 11.2. The fourth-order valence-electron chi connectivity index (χ4n) is 7.30. The number of aliphatic carboxylic acids is 1. The van der Waals surface area contributed by atoms with Crippen LogP contribution in [-0.2, 0) is 28.6 Å². The Bertz CT molecular complexity index is 1200. The lowest BCUT2D eigenvalue weighted by molar-refractivity contribution is -0.887. The van der Waals surface area contributed by atoms with Crippen molar-refractivity contribution in [1.29, 1.82) is 0 Å². The molecule has 1 N–H and O–H groups in total. The highest BCUT2D eigenvalue weighted by molar-refractivity contribution is 5.72. The van der Waals surface area contributed by atoms with Gasteiger partial charge in [0, 0.05) is 19.3 Å². The second-order valence-corrected chi connectivity index (χ2v) is 18.1. The van der Waals surface area contributed by atoms with E-state index in [1.807, 2.05) is 21.1 Å². The SMILES string of the molecule is CC/C=C/C/C=C/C/C=C/C/C=C/C/C=C/CCCCCCCCCC(=O)OC(COCCC(C(=O)O)[N+](C)(C)C)COC(=O)CCCCCCCCCCCCCCCCC. The first kappa shape index (κ1) is 59.0. The maximum atomic E-state index is 12.8. The van der Waals surface area contributed by atoms with Crippen molar-refractivity contribution >= 4 is 17.9 Å². The largest absolute Gasteiger partial charge is 0.477 e. The summed E-state index contributed by atoms with van der Waals surface area (Å²) in [7, 11) is 5.53. The number of nitrogens with zero attached hydrogens (tertiary/aromatic N) is 1. The van der Waals surface area contributed by atoms with Crippen LogP contribution in [0.15, 0.2) is 60.8 Å². The molecule has 0 amide bonds. The van der Waals surface area contributed by atoms with Crippen LogP contribution in [0.5, 0.6) is 0 Å². The summed E-state index contributed by atoms with van der Waals surface area (Å²) in [5.41, 5.74) is 0. The first-order valence-electron chi connectivity index (χ1n) is 25.3. The summed E-state index contributed by atoms with van der Waals surface area (Å²) in [6.07, 6.45) is 55.5. The number of unbranched alkanes of at least 4 members (excludes halogenated alkanes) is 21. The number of quaternary nitrogens is 1. The van der Waals surface area contributed by atoms with E-state index < -0.39 is 18.1 Å². The molecule has 0 aromatic rings. The highest BCUT2D eigenvalue weighted by atomic mass is 16.6. The second kappa shape index (κ2) is 44.6. The fourth-order valence-corrected chi connectivity index (χ4v) is 7.30. The molecule has 0 heterocycles. The molecular weight excluding hydrogens is 775 g/mol. The highest BCUT2D eigenvalue weighted by Crippen LogP contribution is 2.15. The first-order valence-corrected chi connectivity index (χ1v) is 25.3. The molecule has 0 radical (unpaired) electrons. The van der Waals surface area contributed by atoms with Gasteiger partial charge >= 0.3 is 17.9 Å². The number of hydrogen-bond donors (Lipinski definition) is 1. The van der Waals surface area contributed by atoms with Gasteiger partial charge in [-0.25, -0.2) is 4.79 Å². The van der Waals surface area contributed by atoms with Gasteiger partial charge in [-0.2, -0.15) is 0 Å². The quantitative estimate of drug-likeness (QED) is 0.0282. The monoisotopic (exact) mass is 871 g/mol. The number of carboxylic acids is 1. The van der Waals surface area contributed by atoms with Crippen LogP contribution in [0.3, 0.4) is 0 Å². The van der Waals surface area contributed by atoms with Gasteiger partial charge in [0.1, 0.15) is 6.61 Å². The van der Waals surface area contributed by atoms with Crippen LogP contribution in [0.1, 0.15) is 213 Å². The first-order chi connectivity index (χ1) is 30.1. The number of likely N-dealkylation sites (N-methyl/N-ethyl adjacent to an activating group) is 1. The lowest BCUT2D eigenvalue weighted by Crippen LogP contribution is -2.50. The number of carbonyl (C=O) groups excluding carboxylic acids is 2. The molecule has 8 heteroatoms. The molecule has 0 saturated carbocycles.